The zero-order valence-electron chi connectivity index (χ0n) is 17.8. The van der Waals surface area contributed by atoms with Crippen molar-refractivity contribution in [2.45, 2.75) is 20.8 Å². The second-order valence-electron chi connectivity index (χ2n) is 7.80. The minimum absolute atomic E-state index is 0.0549. The smallest absolute Gasteiger partial charge is 0.276 e. The van der Waals surface area contributed by atoms with E-state index in [-0.39, 0.29) is 11.8 Å². The zero-order chi connectivity index (χ0) is 22.1. The summed E-state index contributed by atoms with van der Waals surface area (Å²) in [6, 6.07) is 12.9. The average molecular weight is 438 g/mol. The Hall–Kier alpha value is -3.19. The fraction of sp³-hybridized carbons (Fsp3) is 0.304. The van der Waals surface area contributed by atoms with E-state index < -0.39 is 0 Å². The Morgan fingerprint density at radius 1 is 0.839 bits per heavy atom. The monoisotopic (exact) mass is 437 g/mol. The minimum Gasteiger partial charge on any atom is -0.335 e. The Morgan fingerprint density at radius 3 is 2.06 bits per heavy atom. The van der Waals surface area contributed by atoms with Crippen LogP contribution in [0.15, 0.2) is 42.5 Å². The second-order valence-corrected chi connectivity index (χ2v) is 8.24. The number of aryl methyl sites for hydroxylation is 3. The van der Waals surface area contributed by atoms with Gasteiger partial charge in [0.1, 0.15) is 0 Å². The van der Waals surface area contributed by atoms with Crippen LogP contribution in [0.1, 0.15) is 37.7 Å². The van der Waals surface area contributed by atoms with Gasteiger partial charge in [0.2, 0.25) is 0 Å². The quantitative estimate of drug-likeness (QED) is 0.629. The molecule has 7 nitrogen and oxygen atoms in total. The molecule has 8 heteroatoms. The number of benzene rings is 2. The van der Waals surface area contributed by atoms with Crippen LogP contribution in [0.2, 0.25) is 5.02 Å². The van der Waals surface area contributed by atoms with Crippen molar-refractivity contribution in [3.63, 3.8) is 0 Å². The normalized spacial score (nSPS) is 14.1. The maximum absolute atomic E-state index is 13.1. The van der Waals surface area contributed by atoms with Gasteiger partial charge >= 0.3 is 0 Å². The van der Waals surface area contributed by atoms with Gasteiger partial charge in [-0.3, -0.25) is 9.59 Å². The first kappa shape index (κ1) is 21.1. The van der Waals surface area contributed by atoms with E-state index in [0.717, 1.165) is 16.8 Å². The molecule has 3 aromatic rings. The number of rotatable bonds is 3. The first-order chi connectivity index (χ1) is 14.8. The first-order valence-corrected chi connectivity index (χ1v) is 10.6. The minimum atomic E-state index is -0.160. The number of carbonyl (C=O) groups excluding carboxylic acids is 2. The maximum Gasteiger partial charge on any atom is 0.276 e. The van der Waals surface area contributed by atoms with E-state index in [2.05, 4.69) is 16.3 Å². The summed E-state index contributed by atoms with van der Waals surface area (Å²) in [4.78, 5) is 30.8. The Morgan fingerprint density at radius 2 is 1.45 bits per heavy atom. The summed E-state index contributed by atoms with van der Waals surface area (Å²) < 4.78 is 0. The molecule has 4 rings (SSSR count). The lowest BCUT2D eigenvalue weighted by molar-refractivity contribution is 0.0531. The molecule has 2 amide bonds. The topological polar surface area (TPSA) is 71.3 Å². The third kappa shape index (κ3) is 4.32. The van der Waals surface area contributed by atoms with Crippen LogP contribution in [-0.4, -0.2) is 62.8 Å². The molecule has 0 aliphatic carbocycles. The average Bonchev–Trinajstić information content (AvgIpc) is 3.14. The lowest BCUT2D eigenvalue weighted by Crippen LogP contribution is -2.50. The van der Waals surface area contributed by atoms with Gasteiger partial charge in [0.05, 0.1) is 11.4 Å². The van der Waals surface area contributed by atoms with Crippen molar-refractivity contribution in [1.29, 1.82) is 0 Å². The summed E-state index contributed by atoms with van der Waals surface area (Å²) in [7, 11) is 0. The molecule has 0 spiro atoms. The van der Waals surface area contributed by atoms with Crippen LogP contribution in [0.3, 0.4) is 0 Å². The summed E-state index contributed by atoms with van der Waals surface area (Å²) in [6.07, 6.45) is 0. The van der Waals surface area contributed by atoms with E-state index in [9.17, 15) is 9.59 Å². The second kappa shape index (κ2) is 8.51. The van der Waals surface area contributed by atoms with Crippen LogP contribution in [0.4, 0.5) is 0 Å². The third-order valence-electron chi connectivity index (χ3n) is 5.50. The molecule has 0 radical (unpaired) electrons. The third-order valence-corrected chi connectivity index (χ3v) is 5.75. The number of aromatic nitrogens is 3. The molecule has 1 aromatic heterocycles. The van der Waals surface area contributed by atoms with Crippen molar-refractivity contribution >= 4 is 23.4 Å². The summed E-state index contributed by atoms with van der Waals surface area (Å²) >= 11 is 5.90. The lowest BCUT2D eigenvalue weighted by Gasteiger charge is -2.34. The van der Waals surface area contributed by atoms with Crippen LogP contribution >= 0.6 is 11.6 Å². The molecule has 2 heterocycles. The van der Waals surface area contributed by atoms with Crippen LogP contribution in [0, 0.1) is 20.8 Å². The van der Waals surface area contributed by atoms with Crippen molar-refractivity contribution in [2.75, 3.05) is 26.2 Å². The van der Waals surface area contributed by atoms with Crippen LogP contribution in [-0.2, 0) is 0 Å². The Labute approximate surface area is 186 Å². The summed E-state index contributed by atoms with van der Waals surface area (Å²) in [5, 5.41) is 9.53. The molecule has 1 aliphatic rings. The predicted molar refractivity (Wildman–Crippen MR) is 119 cm³/mol. The van der Waals surface area contributed by atoms with Crippen molar-refractivity contribution in [2.24, 2.45) is 0 Å². The fourth-order valence-electron chi connectivity index (χ4n) is 3.75. The number of piperazine rings is 1. The van der Waals surface area contributed by atoms with Gasteiger partial charge in [-0.05, 0) is 56.7 Å². The lowest BCUT2D eigenvalue weighted by atomic mass is 10.1. The number of nitrogens with zero attached hydrogens (tertiary/aromatic N) is 5. The summed E-state index contributed by atoms with van der Waals surface area (Å²) in [5.74, 6) is -0.215. The highest BCUT2D eigenvalue weighted by atomic mass is 35.5. The van der Waals surface area contributed by atoms with Crippen molar-refractivity contribution in [3.8, 4) is 5.69 Å². The molecule has 0 unspecified atom stereocenters. The van der Waals surface area contributed by atoms with E-state index in [0.29, 0.717) is 48.2 Å². The van der Waals surface area contributed by atoms with Gasteiger partial charge in [-0.15, -0.1) is 5.10 Å². The van der Waals surface area contributed by atoms with E-state index in [1.165, 1.54) is 4.80 Å². The van der Waals surface area contributed by atoms with Gasteiger partial charge < -0.3 is 9.80 Å². The van der Waals surface area contributed by atoms with Gasteiger partial charge in [0.15, 0.2) is 5.69 Å². The predicted octanol–water partition coefficient (Wildman–Crippen LogP) is 3.44. The van der Waals surface area contributed by atoms with E-state index in [1.54, 1.807) is 41.0 Å². The van der Waals surface area contributed by atoms with Crippen molar-refractivity contribution in [1.82, 2.24) is 24.8 Å². The Balaban J connectivity index is 1.45. The van der Waals surface area contributed by atoms with Gasteiger partial charge in [0.25, 0.3) is 11.8 Å². The van der Waals surface area contributed by atoms with Crippen molar-refractivity contribution in [3.05, 3.63) is 75.6 Å². The fourth-order valence-corrected chi connectivity index (χ4v) is 3.88. The summed E-state index contributed by atoms with van der Waals surface area (Å²) in [6.45, 7) is 7.67. The first-order valence-electron chi connectivity index (χ1n) is 10.2. The molecular formula is C23H24ClN5O2. The Bertz CT molecular complexity index is 1130. The number of halogens is 1. The number of amides is 2. The SMILES string of the molecule is Cc1ccc(-n2nc(C)c(C(=O)N3CCN(C(=O)c4ccc(Cl)cc4)CC3)n2)c(C)c1. The van der Waals surface area contributed by atoms with Crippen LogP contribution in [0.5, 0.6) is 0 Å². The molecule has 1 aliphatic heterocycles. The molecule has 2 aromatic carbocycles. The number of hydrogen-bond acceptors (Lipinski definition) is 4. The molecule has 0 saturated carbocycles. The Kier molecular flexibility index (Phi) is 5.78. The molecule has 31 heavy (non-hydrogen) atoms. The highest BCUT2D eigenvalue weighted by Crippen LogP contribution is 2.18. The number of carbonyl (C=O) groups is 2. The van der Waals surface area contributed by atoms with Gasteiger partial charge in [-0.2, -0.15) is 9.90 Å². The van der Waals surface area contributed by atoms with Gasteiger partial charge in [-0.25, -0.2) is 0 Å². The van der Waals surface area contributed by atoms with Crippen molar-refractivity contribution < 1.29 is 9.59 Å². The molecule has 0 bridgehead atoms. The van der Waals surface area contributed by atoms with Gasteiger partial charge in [0, 0.05) is 36.8 Å². The summed E-state index contributed by atoms with van der Waals surface area (Å²) in [5.41, 5.74) is 4.58. The molecule has 1 saturated heterocycles. The molecule has 0 atom stereocenters. The number of hydrogen-bond donors (Lipinski definition) is 0. The van der Waals surface area contributed by atoms with E-state index in [4.69, 9.17) is 11.6 Å². The highest BCUT2D eigenvalue weighted by Gasteiger charge is 2.28. The molecule has 1 fully saturated rings. The zero-order valence-corrected chi connectivity index (χ0v) is 18.6. The van der Waals surface area contributed by atoms with E-state index in [1.807, 2.05) is 26.0 Å². The van der Waals surface area contributed by atoms with Crippen LogP contribution < -0.4 is 0 Å². The molecular weight excluding hydrogens is 414 g/mol. The van der Waals surface area contributed by atoms with Gasteiger partial charge in [-0.1, -0.05) is 29.3 Å². The maximum atomic E-state index is 13.1. The standard InChI is InChI=1S/C23H24ClN5O2/c1-15-4-9-20(16(2)14-15)29-25-17(3)21(26-29)23(31)28-12-10-27(11-13-28)22(30)18-5-7-19(24)8-6-18/h4-9,14H,10-13H2,1-3H3. The highest BCUT2D eigenvalue weighted by molar-refractivity contribution is 6.30. The van der Waals surface area contributed by atoms with Crippen LogP contribution in [0.25, 0.3) is 5.69 Å². The largest absolute Gasteiger partial charge is 0.335 e. The van der Waals surface area contributed by atoms with E-state index >= 15 is 0 Å². The molecule has 0 N–H and O–H groups in total. The molecule has 160 valence electrons.